The van der Waals surface area contributed by atoms with Crippen molar-refractivity contribution in [3.63, 3.8) is 0 Å². The summed E-state index contributed by atoms with van der Waals surface area (Å²) in [7, 11) is 0. The van der Waals surface area contributed by atoms with Gasteiger partial charge in [0.2, 0.25) is 11.8 Å². The van der Waals surface area contributed by atoms with Crippen LogP contribution >= 0.6 is 0 Å². The molecular weight excluding hydrogens is 640 g/mol. The fourth-order valence-corrected chi connectivity index (χ4v) is 3.54. The van der Waals surface area contributed by atoms with Crippen molar-refractivity contribution in [2.24, 2.45) is 0 Å². The van der Waals surface area contributed by atoms with Gasteiger partial charge in [-0.2, -0.15) is 0 Å². The number of nitrogens with one attached hydrogen (secondary N) is 3. The lowest BCUT2D eigenvalue weighted by molar-refractivity contribution is -0.123. The number of amides is 4. The van der Waals surface area contributed by atoms with E-state index in [4.69, 9.17) is 43.0 Å². The summed E-state index contributed by atoms with van der Waals surface area (Å²) in [5, 5.41) is 25.3. The van der Waals surface area contributed by atoms with Gasteiger partial charge in [0, 0.05) is 44.6 Å². The first-order chi connectivity index (χ1) is 23.0. The van der Waals surface area contributed by atoms with Gasteiger partial charge in [-0.15, -0.1) is 0 Å². The predicted octanol–water partition coefficient (Wildman–Crippen LogP) is 0.178. The summed E-state index contributed by atoms with van der Waals surface area (Å²) in [5.41, 5.74) is -0.493. The average molecular weight is 699 g/mol. The van der Waals surface area contributed by atoms with Crippen LogP contribution in [0.1, 0.15) is 33.6 Å². The second-order valence-corrected chi connectivity index (χ2v) is 10.9. The smallest absolute Gasteiger partial charge is 0.407 e. The second-order valence-electron chi connectivity index (χ2n) is 10.9. The summed E-state index contributed by atoms with van der Waals surface area (Å²) in [6.45, 7) is 12.1. The summed E-state index contributed by atoms with van der Waals surface area (Å²) in [6.07, 6.45) is -1.62. The quantitative estimate of drug-likeness (QED) is 0.0577. The van der Waals surface area contributed by atoms with E-state index in [1.54, 1.807) is 0 Å². The van der Waals surface area contributed by atoms with E-state index in [-0.39, 0.29) is 64.2 Å². The maximum Gasteiger partial charge on any atom is 0.407 e. The van der Waals surface area contributed by atoms with E-state index in [2.05, 4.69) is 16.0 Å². The molecule has 0 spiro atoms. The summed E-state index contributed by atoms with van der Waals surface area (Å²) in [4.78, 5) is 46.5. The summed E-state index contributed by atoms with van der Waals surface area (Å²) < 4.78 is 42.9. The topological polar surface area (TPSA) is 222 Å². The Hall–Kier alpha value is -2.84. The highest BCUT2D eigenvalue weighted by molar-refractivity contribution is 5.76. The zero-order valence-electron chi connectivity index (χ0n) is 28.8. The molecule has 0 aliphatic heterocycles. The fraction of sp³-hybridized carbons (Fsp3) is 0.867. The van der Waals surface area contributed by atoms with Crippen molar-refractivity contribution < 1.29 is 67.3 Å². The van der Waals surface area contributed by atoms with Gasteiger partial charge in [0.05, 0.1) is 106 Å². The lowest BCUT2D eigenvalue weighted by Crippen LogP contribution is -2.46. The Morgan fingerprint density at radius 2 is 0.792 bits per heavy atom. The van der Waals surface area contributed by atoms with Crippen LogP contribution in [0.2, 0.25) is 0 Å². The maximum atomic E-state index is 11.8. The Bertz CT molecular complexity index is 832. The standard InChI is InChI=1S/C30H58N4O14/c1-30(2,3)34(29(39)40)9-15-46-21-20-44-13-7-32-27(36)5-11-42-17-23-48-25-24-47-22-16-41-10-4-26(35)31-6-12-43-18-19-45-14-8-33-28(37)38/h33H,4-25H2,1-3H3,(H,31,35)(H,32,36)(H,37,38)(H,39,40). The summed E-state index contributed by atoms with van der Waals surface area (Å²) in [5.74, 6) is -0.283. The highest BCUT2D eigenvalue weighted by Gasteiger charge is 2.25. The average Bonchev–Trinajstić information content (AvgIpc) is 3.02. The fourth-order valence-electron chi connectivity index (χ4n) is 3.54. The van der Waals surface area contributed by atoms with Gasteiger partial charge in [-0.1, -0.05) is 0 Å². The highest BCUT2D eigenvalue weighted by atomic mass is 16.6. The molecule has 5 N–H and O–H groups in total. The van der Waals surface area contributed by atoms with Crippen LogP contribution in [0.3, 0.4) is 0 Å². The van der Waals surface area contributed by atoms with Crippen LogP contribution in [0, 0.1) is 0 Å². The molecule has 0 aromatic rings. The Morgan fingerprint density at radius 3 is 1.12 bits per heavy atom. The number of nitrogens with zero attached hydrogens (tertiary/aromatic N) is 1. The van der Waals surface area contributed by atoms with Crippen molar-refractivity contribution in [1.29, 1.82) is 0 Å². The molecule has 48 heavy (non-hydrogen) atoms. The molecule has 0 aliphatic rings. The van der Waals surface area contributed by atoms with Crippen LogP contribution in [0.4, 0.5) is 9.59 Å². The Morgan fingerprint density at radius 1 is 0.479 bits per heavy atom. The largest absolute Gasteiger partial charge is 0.465 e. The zero-order chi connectivity index (χ0) is 35.7. The van der Waals surface area contributed by atoms with Gasteiger partial charge in [-0.05, 0) is 20.8 Å². The van der Waals surface area contributed by atoms with Crippen molar-refractivity contribution in [1.82, 2.24) is 20.9 Å². The van der Waals surface area contributed by atoms with Gasteiger partial charge in [-0.25, -0.2) is 9.59 Å². The van der Waals surface area contributed by atoms with Gasteiger partial charge in [-0.3, -0.25) is 9.59 Å². The van der Waals surface area contributed by atoms with E-state index in [1.807, 2.05) is 20.8 Å². The van der Waals surface area contributed by atoms with Crippen molar-refractivity contribution in [3.8, 4) is 0 Å². The van der Waals surface area contributed by atoms with Gasteiger partial charge < -0.3 is 69.0 Å². The van der Waals surface area contributed by atoms with E-state index in [0.29, 0.717) is 92.4 Å². The number of hydrogen-bond donors (Lipinski definition) is 5. The summed E-state index contributed by atoms with van der Waals surface area (Å²) >= 11 is 0. The van der Waals surface area contributed by atoms with Crippen molar-refractivity contribution in [2.45, 2.75) is 39.2 Å². The molecule has 0 saturated heterocycles. The SMILES string of the molecule is CC(C)(C)N(CCOCCOCCNC(=O)CCOCCOCCOCCOCCC(=O)NCCOCCOCCNC(=O)O)C(=O)O. The van der Waals surface area contributed by atoms with Crippen LogP contribution in [-0.4, -0.2) is 177 Å². The summed E-state index contributed by atoms with van der Waals surface area (Å²) in [6, 6.07) is 0. The van der Waals surface area contributed by atoms with Crippen molar-refractivity contribution in [2.75, 3.05) is 132 Å². The lowest BCUT2D eigenvalue weighted by atomic mass is 10.1. The molecule has 18 heteroatoms. The van der Waals surface area contributed by atoms with Crippen molar-refractivity contribution in [3.05, 3.63) is 0 Å². The zero-order valence-corrected chi connectivity index (χ0v) is 28.8. The molecule has 0 unspecified atom stereocenters. The van der Waals surface area contributed by atoms with Gasteiger partial charge >= 0.3 is 12.2 Å². The molecule has 4 amide bonds. The number of carboxylic acid groups (broad SMARTS) is 2. The molecule has 282 valence electrons. The molecule has 0 aliphatic carbocycles. The number of hydrogen-bond acceptors (Lipinski definition) is 12. The van der Waals surface area contributed by atoms with Crippen LogP contribution < -0.4 is 16.0 Å². The molecule has 0 radical (unpaired) electrons. The van der Waals surface area contributed by atoms with Crippen molar-refractivity contribution >= 4 is 24.0 Å². The van der Waals surface area contributed by atoms with Crippen LogP contribution in [-0.2, 0) is 47.5 Å². The molecule has 0 aromatic heterocycles. The first-order valence-corrected chi connectivity index (χ1v) is 16.2. The minimum absolute atomic E-state index is 0.141. The monoisotopic (exact) mass is 698 g/mol. The minimum atomic E-state index is -1.09. The Balaban J connectivity index is 3.34. The molecule has 0 atom stereocenters. The minimum Gasteiger partial charge on any atom is -0.465 e. The van der Waals surface area contributed by atoms with E-state index in [1.165, 1.54) is 4.90 Å². The van der Waals surface area contributed by atoms with E-state index in [0.717, 1.165) is 0 Å². The van der Waals surface area contributed by atoms with Gasteiger partial charge in [0.15, 0.2) is 0 Å². The first kappa shape index (κ1) is 45.2. The Kier molecular flexibility index (Phi) is 29.6. The van der Waals surface area contributed by atoms with Gasteiger partial charge in [0.1, 0.15) is 0 Å². The van der Waals surface area contributed by atoms with E-state index < -0.39 is 17.7 Å². The molecular formula is C30H58N4O14. The second kappa shape index (κ2) is 31.4. The molecule has 18 nitrogen and oxygen atoms in total. The third kappa shape index (κ3) is 31.7. The highest BCUT2D eigenvalue weighted by Crippen LogP contribution is 2.12. The van der Waals surface area contributed by atoms with E-state index >= 15 is 0 Å². The lowest BCUT2D eigenvalue weighted by Gasteiger charge is -2.32. The van der Waals surface area contributed by atoms with Crippen LogP contribution in [0.5, 0.6) is 0 Å². The van der Waals surface area contributed by atoms with Gasteiger partial charge in [0.25, 0.3) is 0 Å². The number of rotatable bonds is 33. The Labute approximate surface area is 283 Å². The number of ether oxygens (including phenoxy) is 8. The first-order valence-electron chi connectivity index (χ1n) is 16.2. The predicted molar refractivity (Wildman–Crippen MR) is 172 cm³/mol. The maximum absolute atomic E-state index is 11.8. The molecule has 0 fully saturated rings. The molecule has 0 heterocycles. The third-order valence-electron chi connectivity index (χ3n) is 5.97. The number of carbonyl (C=O) groups is 4. The molecule has 0 saturated carbocycles. The van der Waals surface area contributed by atoms with Crippen LogP contribution in [0.15, 0.2) is 0 Å². The van der Waals surface area contributed by atoms with E-state index in [9.17, 15) is 24.3 Å². The molecule has 0 aromatic carbocycles. The normalized spacial score (nSPS) is 11.3. The number of carbonyl (C=O) groups excluding carboxylic acids is 2. The molecule has 0 rings (SSSR count). The molecule has 0 bridgehead atoms. The van der Waals surface area contributed by atoms with Crippen LogP contribution in [0.25, 0.3) is 0 Å². The third-order valence-corrected chi connectivity index (χ3v) is 5.97.